The molecule has 0 aromatic carbocycles. The maximum atomic E-state index is 11.9. The third kappa shape index (κ3) is 1.72. The minimum absolute atomic E-state index is 0.0355. The molecule has 1 aliphatic rings. The third-order valence-corrected chi connectivity index (χ3v) is 3.20. The summed E-state index contributed by atoms with van der Waals surface area (Å²) < 4.78 is 5.31. The van der Waals surface area contributed by atoms with E-state index in [1.807, 2.05) is 13.1 Å². The number of ether oxygens (including phenoxy) is 1. The van der Waals surface area contributed by atoms with Crippen LogP contribution in [0, 0.1) is 6.92 Å². The first-order chi connectivity index (χ1) is 8.25. The maximum Gasteiger partial charge on any atom is 0.207 e. The van der Waals surface area contributed by atoms with Crippen LogP contribution in [0.4, 0.5) is 5.82 Å². The van der Waals surface area contributed by atoms with Crippen LogP contribution < -0.4 is 10.3 Å². The predicted molar refractivity (Wildman–Crippen MR) is 66.7 cm³/mol. The summed E-state index contributed by atoms with van der Waals surface area (Å²) in [5.74, 6) is 0.883. The van der Waals surface area contributed by atoms with E-state index in [-0.39, 0.29) is 5.43 Å². The Kier molecular flexibility index (Phi) is 2.40. The third-order valence-electron chi connectivity index (χ3n) is 3.20. The Labute approximate surface area is 98.4 Å². The highest BCUT2D eigenvalue weighted by Gasteiger charge is 2.14. The fourth-order valence-corrected chi connectivity index (χ4v) is 2.21. The van der Waals surface area contributed by atoms with E-state index < -0.39 is 0 Å². The van der Waals surface area contributed by atoms with Gasteiger partial charge in [0, 0.05) is 25.4 Å². The van der Waals surface area contributed by atoms with Crippen LogP contribution in [0.1, 0.15) is 5.56 Å². The van der Waals surface area contributed by atoms with Gasteiger partial charge in [0.25, 0.3) is 0 Å². The van der Waals surface area contributed by atoms with Crippen molar-refractivity contribution >= 4 is 16.9 Å². The normalized spacial score (nSPS) is 16.6. The van der Waals surface area contributed by atoms with E-state index in [1.165, 1.54) is 0 Å². The van der Waals surface area contributed by atoms with Crippen molar-refractivity contribution in [1.82, 2.24) is 9.97 Å². The van der Waals surface area contributed by atoms with Crippen molar-refractivity contribution in [2.24, 2.45) is 0 Å². The van der Waals surface area contributed by atoms with Crippen molar-refractivity contribution in [3.05, 3.63) is 28.0 Å². The highest BCUT2D eigenvalue weighted by atomic mass is 16.5. The number of nitrogens with zero attached hydrogens (tertiary/aromatic N) is 1. The van der Waals surface area contributed by atoms with Gasteiger partial charge in [-0.15, -0.1) is 0 Å². The highest BCUT2D eigenvalue weighted by molar-refractivity contribution is 5.80. The second kappa shape index (κ2) is 3.92. The second-order valence-electron chi connectivity index (χ2n) is 4.34. The quantitative estimate of drug-likeness (QED) is 0.772. The van der Waals surface area contributed by atoms with Gasteiger partial charge < -0.3 is 19.6 Å². The summed E-state index contributed by atoms with van der Waals surface area (Å²) in [6.45, 7) is 5.06. The lowest BCUT2D eigenvalue weighted by Crippen LogP contribution is -2.37. The number of anilines is 1. The lowest BCUT2D eigenvalue weighted by molar-refractivity contribution is 0.122. The summed E-state index contributed by atoms with van der Waals surface area (Å²) >= 11 is 0. The molecule has 2 aromatic heterocycles. The highest BCUT2D eigenvalue weighted by Crippen LogP contribution is 2.17. The van der Waals surface area contributed by atoms with Crippen molar-refractivity contribution in [1.29, 1.82) is 0 Å². The molecule has 5 nitrogen and oxygen atoms in total. The molecule has 0 unspecified atom stereocenters. The lowest BCUT2D eigenvalue weighted by atomic mass is 10.2. The molecule has 17 heavy (non-hydrogen) atoms. The number of aryl methyl sites for hydroxylation is 1. The Hall–Kier alpha value is -1.75. The SMILES string of the molecule is Cc1c[nH]c2c(=O)cc(N3CCOCC3)[nH]c12. The van der Waals surface area contributed by atoms with Crippen LogP contribution >= 0.6 is 0 Å². The molecule has 2 N–H and O–H groups in total. The molecule has 1 aliphatic heterocycles. The predicted octanol–water partition coefficient (Wildman–Crippen LogP) is 1.00. The van der Waals surface area contributed by atoms with E-state index in [0.717, 1.165) is 30.0 Å². The summed E-state index contributed by atoms with van der Waals surface area (Å²) in [7, 11) is 0. The topological polar surface area (TPSA) is 61.1 Å². The van der Waals surface area contributed by atoms with Gasteiger partial charge in [0.2, 0.25) is 5.43 Å². The number of morpholine rings is 1. The van der Waals surface area contributed by atoms with Crippen LogP contribution in [-0.4, -0.2) is 36.3 Å². The molecule has 1 fully saturated rings. The molecular formula is C12H15N3O2. The molecule has 2 aromatic rings. The summed E-state index contributed by atoms with van der Waals surface area (Å²) in [4.78, 5) is 20.4. The molecule has 0 spiro atoms. The van der Waals surface area contributed by atoms with E-state index in [9.17, 15) is 4.79 Å². The first kappa shape index (κ1) is 10.4. The number of hydrogen-bond acceptors (Lipinski definition) is 3. The second-order valence-corrected chi connectivity index (χ2v) is 4.34. The monoisotopic (exact) mass is 233 g/mol. The molecule has 0 bridgehead atoms. The van der Waals surface area contributed by atoms with E-state index in [2.05, 4.69) is 14.9 Å². The summed E-state index contributed by atoms with van der Waals surface area (Å²) in [6.07, 6.45) is 1.85. The molecule has 3 rings (SSSR count). The number of hydrogen-bond donors (Lipinski definition) is 2. The number of H-pyrrole nitrogens is 2. The van der Waals surface area contributed by atoms with Crippen LogP contribution in [0.2, 0.25) is 0 Å². The molecule has 5 heteroatoms. The van der Waals surface area contributed by atoms with Gasteiger partial charge in [0.1, 0.15) is 11.3 Å². The van der Waals surface area contributed by atoms with Crippen LogP contribution in [0.5, 0.6) is 0 Å². The number of nitrogens with one attached hydrogen (secondary N) is 2. The van der Waals surface area contributed by atoms with Crippen LogP contribution in [-0.2, 0) is 4.74 Å². The van der Waals surface area contributed by atoms with Crippen molar-refractivity contribution in [2.45, 2.75) is 6.92 Å². The Balaban J connectivity index is 2.10. The molecule has 0 aliphatic carbocycles. The van der Waals surface area contributed by atoms with Gasteiger partial charge in [-0.2, -0.15) is 0 Å². The number of fused-ring (bicyclic) bond motifs is 1. The summed E-state index contributed by atoms with van der Waals surface area (Å²) in [5.41, 5.74) is 2.65. The molecule has 0 radical (unpaired) electrons. The van der Waals surface area contributed by atoms with Crippen molar-refractivity contribution in [2.75, 3.05) is 31.2 Å². The van der Waals surface area contributed by atoms with Crippen LogP contribution in [0.3, 0.4) is 0 Å². The van der Waals surface area contributed by atoms with E-state index in [0.29, 0.717) is 18.7 Å². The Bertz CT molecular complexity index is 593. The summed E-state index contributed by atoms with van der Waals surface area (Å²) in [5, 5.41) is 0. The lowest BCUT2D eigenvalue weighted by Gasteiger charge is -2.28. The van der Waals surface area contributed by atoms with Gasteiger partial charge in [-0.05, 0) is 12.5 Å². The number of rotatable bonds is 1. The van der Waals surface area contributed by atoms with Crippen molar-refractivity contribution in [3.63, 3.8) is 0 Å². The number of aromatic nitrogens is 2. The maximum absolute atomic E-state index is 11.9. The molecule has 90 valence electrons. The zero-order valence-corrected chi connectivity index (χ0v) is 9.75. The Morgan fingerprint density at radius 1 is 1.29 bits per heavy atom. The minimum atomic E-state index is 0.0355. The van der Waals surface area contributed by atoms with Crippen molar-refractivity contribution in [3.8, 4) is 0 Å². The molecular weight excluding hydrogens is 218 g/mol. The van der Waals surface area contributed by atoms with Gasteiger partial charge in [-0.3, -0.25) is 4.79 Å². The van der Waals surface area contributed by atoms with Crippen LogP contribution in [0.15, 0.2) is 17.1 Å². The fraction of sp³-hybridized carbons (Fsp3) is 0.417. The summed E-state index contributed by atoms with van der Waals surface area (Å²) in [6, 6.07) is 1.66. The molecule has 3 heterocycles. The number of aromatic amines is 2. The van der Waals surface area contributed by atoms with E-state index >= 15 is 0 Å². The smallest absolute Gasteiger partial charge is 0.207 e. The first-order valence-corrected chi connectivity index (χ1v) is 5.79. The van der Waals surface area contributed by atoms with Crippen molar-refractivity contribution < 1.29 is 4.74 Å². The standard InChI is InChI=1S/C12H15N3O2/c1-8-7-13-12-9(16)6-10(14-11(8)12)15-2-4-17-5-3-15/h6-7,13H,2-5H2,1H3,(H,14,16). The largest absolute Gasteiger partial charge is 0.378 e. The molecule has 0 atom stereocenters. The van der Waals surface area contributed by atoms with Gasteiger partial charge in [0.15, 0.2) is 0 Å². The van der Waals surface area contributed by atoms with Crippen LogP contribution in [0.25, 0.3) is 11.0 Å². The molecule has 0 amide bonds. The zero-order valence-electron chi connectivity index (χ0n) is 9.75. The van der Waals surface area contributed by atoms with E-state index in [4.69, 9.17) is 4.74 Å². The molecule has 0 saturated carbocycles. The van der Waals surface area contributed by atoms with Gasteiger partial charge in [0.05, 0.1) is 18.7 Å². The molecule has 1 saturated heterocycles. The number of pyridine rings is 1. The average molecular weight is 233 g/mol. The first-order valence-electron chi connectivity index (χ1n) is 5.79. The van der Waals surface area contributed by atoms with Gasteiger partial charge in [-0.25, -0.2) is 0 Å². The van der Waals surface area contributed by atoms with E-state index in [1.54, 1.807) is 6.07 Å². The Morgan fingerprint density at radius 2 is 2.06 bits per heavy atom. The average Bonchev–Trinajstić information content (AvgIpc) is 2.73. The fourth-order valence-electron chi connectivity index (χ4n) is 2.21. The zero-order chi connectivity index (χ0) is 11.8. The minimum Gasteiger partial charge on any atom is -0.378 e. The Morgan fingerprint density at radius 3 is 2.82 bits per heavy atom. The van der Waals surface area contributed by atoms with Gasteiger partial charge >= 0.3 is 0 Å². The van der Waals surface area contributed by atoms with Gasteiger partial charge in [-0.1, -0.05) is 0 Å².